The van der Waals surface area contributed by atoms with Crippen LogP contribution in [0.4, 0.5) is 0 Å². The number of aromatic nitrogens is 2. The molecule has 0 fully saturated rings. The minimum absolute atomic E-state index is 0.0295. The molecular formula is C25H30N4O5. The smallest absolute Gasteiger partial charge is 0.328 e. The predicted octanol–water partition coefficient (Wildman–Crippen LogP) is 2.89. The number of nitrogens with zero attached hydrogens (tertiary/aromatic N) is 2. The van der Waals surface area contributed by atoms with Gasteiger partial charge in [-0.25, -0.2) is 4.79 Å². The van der Waals surface area contributed by atoms with Gasteiger partial charge in [-0.2, -0.15) is 4.98 Å². The minimum Gasteiger partial charge on any atom is -0.507 e. The number of esters is 1. The van der Waals surface area contributed by atoms with Crippen molar-refractivity contribution in [3.05, 3.63) is 65.5 Å². The highest BCUT2D eigenvalue weighted by molar-refractivity contribution is 5.99. The largest absolute Gasteiger partial charge is 0.507 e. The summed E-state index contributed by atoms with van der Waals surface area (Å²) in [7, 11) is 1.90. The molecule has 0 aliphatic heterocycles. The Kier molecular flexibility index (Phi) is 9.16. The second-order valence-electron chi connectivity index (χ2n) is 7.77. The number of hydrogen-bond donors (Lipinski definition) is 3. The number of phenolic OH excluding ortho intramolecular Hbond substituents is 1. The Morgan fingerprint density at radius 1 is 1.15 bits per heavy atom. The second-order valence-corrected chi connectivity index (χ2v) is 7.77. The van der Waals surface area contributed by atoms with E-state index in [1.807, 2.05) is 37.4 Å². The quantitative estimate of drug-likeness (QED) is 0.275. The molecule has 0 spiro atoms. The van der Waals surface area contributed by atoms with Gasteiger partial charge in [0.05, 0.1) is 12.2 Å². The monoisotopic (exact) mass is 466 g/mol. The van der Waals surface area contributed by atoms with Crippen LogP contribution in [0.15, 0.2) is 53.1 Å². The van der Waals surface area contributed by atoms with Gasteiger partial charge in [-0.3, -0.25) is 4.79 Å². The van der Waals surface area contributed by atoms with Crippen molar-refractivity contribution >= 4 is 11.9 Å². The fourth-order valence-corrected chi connectivity index (χ4v) is 3.44. The molecule has 0 radical (unpaired) electrons. The molecule has 1 heterocycles. The Bertz CT molecular complexity index is 1080. The number of carbonyl (C=O) groups is 2. The van der Waals surface area contributed by atoms with Gasteiger partial charge in [0.1, 0.15) is 11.8 Å². The lowest BCUT2D eigenvalue weighted by Gasteiger charge is -2.18. The number of unbranched alkanes of at least 4 members (excludes halogenated alkanes) is 1. The average molecular weight is 467 g/mol. The standard InChI is InChI=1S/C25H30N4O5/c1-3-33-25(32)20(15-17-9-5-4-6-10-17)27-24(31)19-13-12-18(16-21(19)30)23-28-22(34-29-23)11-7-8-14-26-2/h4-6,9-10,12-13,16,20,26,30H,3,7-8,11,14-15H2,1-2H3,(H,27,31)/t20-/m1/s1. The number of rotatable bonds is 12. The molecule has 1 amide bonds. The lowest BCUT2D eigenvalue weighted by Crippen LogP contribution is -2.43. The maximum atomic E-state index is 12.9. The van der Waals surface area contributed by atoms with Crippen LogP contribution >= 0.6 is 0 Å². The van der Waals surface area contributed by atoms with E-state index in [0.717, 1.165) is 24.9 Å². The molecule has 3 rings (SSSR count). The summed E-state index contributed by atoms with van der Waals surface area (Å²) >= 11 is 0. The van der Waals surface area contributed by atoms with Crippen LogP contribution in [-0.4, -0.2) is 53.4 Å². The van der Waals surface area contributed by atoms with Crippen molar-refractivity contribution in [2.75, 3.05) is 20.2 Å². The number of hydrogen-bond acceptors (Lipinski definition) is 8. The second kappa shape index (κ2) is 12.5. The number of amides is 1. The van der Waals surface area contributed by atoms with Crippen LogP contribution in [0.3, 0.4) is 0 Å². The third-order valence-electron chi connectivity index (χ3n) is 5.20. The molecule has 1 atom stereocenters. The molecule has 180 valence electrons. The van der Waals surface area contributed by atoms with Crippen molar-refractivity contribution in [1.29, 1.82) is 0 Å². The van der Waals surface area contributed by atoms with Crippen LogP contribution in [0.1, 0.15) is 41.6 Å². The van der Waals surface area contributed by atoms with E-state index >= 15 is 0 Å². The number of carbonyl (C=O) groups excluding carboxylic acids is 2. The fraction of sp³-hybridized carbons (Fsp3) is 0.360. The highest BCUT2D eigenvalue weighted by atomic mass is 16.5. The first-order valence-electron chi connectivity index (χ1n) is 11.3. The number of nitrogens with one attached hydrogen (secondary N) is 2. The zero-order chi connectivity index (χ0) is 24.3. The Morgan fingerprint density at radius 3 is 2.65 bits per heavy atom. The first-order valence-corrected chi connectivity index (χ1v) is 11.3. The Morgan fingerprint density at radius 2 is 1.94 bits per heavy atom. The van der Waals surface area contributed by atoms with E-state index in [0.29, 0.717) is 23.7 Å². The molecule has 0 bridgehead atoms. The van der Waals surface area contributed by atoms with Crippen LogP contribution in [0.25, 0.3) is 11.4 Å². The van der Waals surface area contributed by atoms with E-state index in [1.165, 1.54) is 12.1 Å². The van der Waals surface area contributed by atoms with Crippen molar-refractivity contribution in [1.82, 2.24) is 20.8 Å². The van der Waals surface area contributed by atoms with Gasteiger partial charge in [0.2, 0.25) is 11.7 Å². The van der Waals surface area contributed by atoms with Crippen molar-refractivity contribution in [2.24, 2.45) is 0 Å². The third-order valence-corrected chi connectivity index (χ3v) is 5.20. The lowest BCUT2D eigenvalue weighted by atomic mass is 10.0. The molecule has 0 unspecified atom stereocenters. The van der Waals surface area contributed by atoms with Gasteiger partial charge in [-0.15, -0.1) is 0 Å². The summed E-state index contributed by atoms with van der Waals surface area (Å²) < 4.78 is 10.4. The molecular weight excluding hydrogens is 436 g/mol. The molecule has 0 aliphatic rings. The van der Waals surface area contributed by atoms with Crippen molar-refractivity contribution in [2.45, 2.75) is 38.6 Å². The van der Waals surface area contributed by atoms with Crippen LogP contribution in [-0.2, 0) is 22.4 Å². The van der Waals surface area contributed by atoms with Crippen molar-refractivity contribution in [3.63, 3.8) is 0 Å². The molecule has 0 saturated carbocycles. The molecule has 1 aromatic heterocycles. The SMILES string of the molecule is CCOC(=O)[C@@H](Cc1ccccc1)NC(=O)c1ccc(-c2noc(CCCCNC)n2)cc1O. The van der Waals surface area contributed by atoms with Gasteiger partial charge < -0.3 is 25.0 Å². The summed E-state index contributed by atoms with van der Waals surface area (Å²) in [4.78, 5) is 29.6. The highest BCUT2D eigenvalue weighted by Crippen LogP contribution is 2.25. The van der Waals surface area contributed by atoms with Gasteiger partial charge in [-0.1, -0.05) is 35.5 Å². The minimum atomic E-state index is -0.892. The first kappa shape index (κ1) is 24.9. The normalized spacial score (nSPS) is 11.7. The topological polar surface area (TPSA) is 127 Å². The maximum Gasteiger partial charge on any atom is 0.328 e. The zero-order valence-electron chi connectivity index (χ0n) is 19.4. The summed E-state index contributed by atoms with van der Waals surface area (Å²) in [5.74, 6) is -0.524. The molecule has 9 heteroatoms. The van der Waals surface area contributed by atoms with Crippen LogP contribution in [0.5, 0.6) is 5.75 Å². The van der Waals surface area contributed by atoms with E-state index < -0.39 is 17.9 Å². The van der Waals surface area contributed by atoms with Crippen molar-refractivity contribution < 1.29 is 24.0 Å². The number of phenols is 1. The molecule has 2 aromatic carbocycles. The highest BCUT2D eigenvalue weighted by Gasteiger charge is 2.24. The van der Waals surface area contributed by atoms with E-state index in [-0.39, 0.29) is 24.3 Å². The van der Waals surface area contributed by atoms with E-state index in [1.54, 1.807) is 13.0 Å². The number of benzene rings is 2. The summed E-state index contributed by atoms with van der Waals surface area (Å²) in [5.41, 5.74) is 1.42. The maximum absolute atomic E-state index is 12.9. The lowest BCUT2D eigenvalue weighted by molar-refractivity contribution is -0.145. The van der Waals surface area contributed by atoms with Gasteiger partial charge >= 0.3 is 5.97 Å². The molecule has 34 heavy (non-hydrogen) atoms. The Balaban J connectivity index is 1.69. The Hall–Kier alpha value is -3.72. The van der Waals surface area contributed by atoms with Crippen molar-refractivity contribution in [3.8, 4) is 17.1 Å². The van der Waals surface area contributed by atoms with Crippen LogP contribution < -0.4 is 10.6 Å². The average Bonchev–Trinajstić information content (AvgIpc) is 3.31. The van der Waals surface area contributed by atoms with E-state index in [9.17, 15) is 14.7 Å². The Labute approximate surface area is 198 Å². The summed E-state index contributed by atoms with van der Waals surface area (Å²) in [5, 5.41) is 20.2. The van der Waals surface area contributed by atoms with Crippen LogP contribution in [0, 0.1) is 0 Å². The summed E-state index contributed by atoms with van der Waals surface area (Å²) in [6.45, 7) is 2.82. The molecule has 0 aliphatic carbocycles. The molecule has 9 nitrogen and oxygen atoms in total. The molecule has 0 saturated heterocycles. The predicted molar refractivity (Wildman–Crippen MR) is 126 cm³/mol. The third kappa shape index (κ3) is 6.89. The number of aryl methyl sites for hydroxylation is 1. The fourth-order valence-electron chi connectivity index (χ4n) is 3.44. The van der Waals surface area contributed by atoms with Gasteiger partial charge in [0, 0.05) is 18.4 Å². The number of ether oxygens (including phenoxy) is 1. The molecule has 3 N–H and O–H groups in total. The summed E-state index contributed by atoms with van der Waals surface area (Å²) in [6, 6.07) is 12.9. The van der Waals surface area contributed by atoms with Gasteiger partial charge in [0.15, 0.2) is 0 Å². The van der Waals surface area contributed by atoms with Gasteiger partial charge in [0.25, 0.3) is 5.91 Å². The van der Waals surface area contributed by atoms with Gasteiger partial charge in [-0.05, 0) is 57.1 Å². The molecule has 3 aromatic rings. The summed E-state index contributed by atoms with van der Waals surface area (Å²) in [6.07, 6.45) is 2.84. The number of aromatic hydroxyl groups is 1. The van der Waals surface area contributed by atoms with E-state index in [4.69, 9.17) is 9.26 Å². The zero-order valence-corrected chi connectivity index (χ0v) is 19.4. The first-order chi connectivity index (χ1) is 16.5. The van der Waals surface area contributed by atoms with Crippen LogP contribution in [0.2, 0.25) is 0 Å². The van der Waals surface area contributed by atoms with E-state index in [2.05, 4.69) is 20.8 Å².